The average Bonchev–Trinajstić information content (AvgIpc) is 3.21. The fourth-order valence-corrected chi connectivity index (χ4v) is 12.0. The Bertz CT molecular complexity index is 827. The summed E-state index contributed by atoms with van der Waals surface area (Å²) < 4.78 is 2.39. The first-order chi connectivity index (χ1) is 11.6. The molecule has 0 nitrogen and oxygen atoms in total. The third-order valence-corrected chi connectivity index (χ3v) is 16.7. The predicted molar refractivity (Wildman–Crippen MR) is 104 cm³/mol. The molecule has 3 heteroatoms. The van der Waals surface area contributed by atoms with Gasteiger partial charge in [0.2, 0.25) is 0 Å². The second kappa shape index (κ2) is 6.52. The van der Waals surface area contributed by atoms with Gasteiger partial charge in [0.05, 0.1) is 0 Å². The molecule has 2 aromatic rings. The molecule has 0 heterocycles. The number of fused-ring (bicyclic) bond motifs is 2. The zero-order valence-electron chi connectivity index (χ0n) is 13.5. The molecule has 0 aromatic heterocycles. The van der Waals surface area contributed by atoms with Crippen molar-refractivity contribution in [2.75, 3.05) is 0 Å². The molecule has 0 radical (unpaired) electrons. The molecule has 0 amide bonds. The van der Waals surface area contributed by atoms with Crippen molar-refractivity contribution in [3.05, 3.63) is 82.9 Å². The van der Waals surface area contributed by atoms with Gasteiger partial charge in [-0.15, -0.1) is 0 Å². The van der Waals surface area contributed by atoms with Crippen LogP contribution in [0.2, 0.25) is 3.63 Å². The molecule has 0 spiro atoms. The van der Waals surface area contributed by atoms with Crippen LogP contribution in [-0.4, -0.2) is 3.71 Å². The maximum atomic E-state index is 7.03. The average molecular weight is 434 g/mol. The molecule has 4 rings (SSSR count). The van der Waals surface area contributed by atoms with Crippen LogP contribution < -0.4 is 0 Å². The van der Waals surface area contributed by atoms with Gasteiger partial charge in [-0.2, -0.15) is 0 Å². The Morgan fingerprint density at radius 3 is 1.75 bits per heavy atom. The molecule has 2 atom stereocenters. The van der Waals surface area contributed by atoms with E-state index in [0.29, 0.717) is 11.8 Å². The number of rotatable bonds is 3. The summed E-state index contributed by atoms with van der Waals surface area (Å²) in [7, 11) is 14.1. The summed E-state index contributed by atoms with van der Waals surface area (Å²) >= 11 is -3.40. The fraction of sp³-hybridized carbons (Fsp3) is 0.190. The quantitative estimate of drug-likeness (QED) is 0.507. The van der Waals surface area contributed by atoms with Crippen LogP contribution >= 0.6 is 17.0 Å². The van der Waals surface area contributed by atoms with E-state index >= 15 is 0 Å². The standard InChI is InChI=1S/C19H15.C2H4.2ClH.Zr/c1-3-7-18-14(5-1)9-11-16(18)13-17-12-10-15-6-2-4-8-19(15)17;1-2;;;/h1-13,16-17H;1H,2H3;2*1H;/q;;;;+2/p-2. The molecule has 0 saturated carbocycles. The van der Waals surface area contributed by atoms with E-state index in [0.717, 1.165) is 0 Å². The first-order valence-corrected chi connectivity index (χ1v) is 17.5. The van der Waals surface area contributed by atoms with Crippen LogP contribution in [0.1, 0.15) is 41.0 Å². The van der Waals surface area contributed by atoms with Gasteiger partial charge in [-0.05, 0) is 0 Å². The van der Waals surface area contributed by atoms with Crippen molar-refractivity contribution in [2.24, 2.45) is 0 Å². The van der Waals surface area contributed by atoms with E-state index in [9.17, 15) is 0 Å². The molecular formula is C21H19Cl2Zr. The second-order valence-corrected chi connectivity index (χ2v) is 21.4. The normalized spacial score (nSPS) is 22.3. The van der Waals surface area contributed by atoms with Crippen molar-refractivity contribution in [1.29, 1.82) is 0 Å². The van der Waals surface area contributed by atoms with Gasteiger partial charge in [0.15, 0.2) is 0 Å². The second-order valence-electron chi connectivity index (χ2n) is 6.52. The zero-order chi connectivity index (χ0) is 16.7. The molecule has 0 aliphatic heterocycles. The molecule has 2 aromatic carbocycles. The first kappa shape index (κ1) is 16.7. The molecule has 24 heavy (non-hydrogen) atoms. The number of halogens is 2. The van der Waals surface area contributed by atoms with Gasteiger partial charge in [0, 0.05) is 0 Å². The molecule has 2 aliphatic carbocycles. The van der Waals surface area contributed by atoms with E-state index in [1.165, 1.54) is 22.3 Å². The van der Waals surface area contributed by atoms with E-state index in [1.807, 2.05) is 6.92 Å². The van der Waals surface area contributed by atoms with Gasteiger partial charge < -0.3 is 0 Å². The monoisotopic (exact) mass is 431 g/mol. The van der Waals surface area contributed by atoms with E-state index in [1.54, 1.807) is 0 Å². The summed E-state index contributed by atoms with van der Waals surface area (Å²) in [6, 6.07) is 17.2. The van der Waals surface area contributed by atoms with Crippen LogP contribution in [-0.2, 0) is 17.4 Å². The van der Waals surface area contributed by atoms with Gasteiger partial charge in [0.25, 0.3) is 0 Å². The minimum atomic E-state index is -3.40. The van der Waals surface area contributed by atoms with Crippen molar-refractivity contribution >= 4 is 32.9 Å². The van der Waals surface area contributed by atoms with Crippen molar-refractivity contribution in [3.8, 4) is 0 Å². The van der Waals surface area contributed by atoms with Crippen molar-refractivity contribution in [3.63, 3.8) is 0 Å². The summed E-state index contributed by atoms with van der Waals surface area (Å²) in [6.45, 7) is 2.04. The van der Waals surface area contributed by atoms with E-state index in [2.05, 4.69) is 76.5 Å². The molecular weight excluding hydrogens is 414 g/mol. The molecule has 0 fully saturated rings. The Morgan fingerprint density at radius 1 is 0.833 bits per heavy atom. The number of allylic oxidation sites excluding steroid dienone is 2. The van der Waals surface area contributed by atoms with Crippen molar-refractivity contribution < 1.29 is 17.4 Å². The van der Waals surface area contributed by atoms with Crippen LogP contribution in [0, 0.1) is 0 Å². The minimum absolute atomic E-state index is 0.257. The van der Waals surface area contributed by atoms with Crippen molar-refractivity contribution in [1.82, 2.24) is 0 Å². The van der Waals surface area contributed by atoms with Gasteiger partial charge in [-0.25, -0.2) is 0 Å². The Labute approximate surface area is 154 Å². The predicted octanol–water partition coefficient (Wildman–Crippen LogP) is 6.68. The summed E-state index contributed by atoms with van der Waals surface area (Å²) in [5.74, 6) is 0.591. The van der Waals surface area contributed by atoms with Crippen molar-refractivity contribution in [2.45, 2.75) is 22.4 Å². The third kappa shape index (κ3) is 2.75. The SMILES string of the molecule is C[CH]=[Zr]([Cl])([Cl])[CH](C1C=Cc2ccccc21)C1C=Cc2ccccc21. The van der Waals surface area contributed by atoms with Crippen LogP contribution in [0.15, 0.2) is 60.7 Å². The molecule has 2 aliphatic rings. The Kier molecular flexibility index (Phi) is 4.54. The van der Waals surface area contributed by atoms with Gasteiger partial charge >= 0.3 is 156 Å². The maximum absolute atomic E-state index is 7.03. The summed E-state index contributed by atoms with van der Waals surface area (Å²) in [5, 5.41) is 0. The number of hydrogen-bond acceptors (Lipinski definition) is 0. The Morgan fingerprint density at radius 2 is 1.29 bits per heavy atom. The van der Waals surface area contributed by atoms with Crippen LogP contribution in [0.3, 0.4) is 0 Å². The number of hydrogen-bond donors (Lipinski definition) is 0. The van der Waals surface area contributed by atoms with Gasteiger partial charge in [-0.3, -0.25) is 0 Å². The molecule has 0 saturated heterocycles. The summed E-state index contributed by atoms with van der Waals surface area (Å²) in [5.41, 5.74) is 5.33. The van der Waals surface area contributed by atoms with Crippen LogP contribution in [0.4, 0.5) is 0 Å². The Hall–Kier alpha value is -0.747. The fourth-order valence-electron chi connectivity index (χ4n) is 4.08. The summed E-state index contributed by atoms with van der Waals surface area (Å²) in [6.07, 6.45) is 9.07. The van der Waals surface area contributed by atoms with E-state index in [-0.39, 0.29) is 3.63 Å². The molecule has 0 N–H and O–H groups in total. The van der Waals surface area contributed by atoms with E-state index in [4.69, 9.17) is 17.0 Å². The molecule has 121 valence electrons. The topological polar surface area (TPSA) is 0 Å². The third-order valence-electron chi connectivity index (χ3n) is 5.28. The van der Waals surface area contributed by atoms with Crippen LogP contribution in [0.25, 0.3) is 12.2 Å². The van der Waals surface area contributed by atoms with Gasteiger partial charge in [0.1, 0.15) is 0 Å². The molecule has 0 bridgehead atoms. The summed E-state index contributed by atoms with van der Waals surface area (Å²) in [4.78, 5) is 0. The first-order valence-electron chi connectivity index (χ1n) is 8.34. The van der Waals surface area contributed by atoms with E-state index < -0.39 is 17.4 Å². The molecule has 2 unspecified atom stereocenters. The number of benzene rings is 2. The van der Waals surface area contributed by atoms with Crippen LogP contribution in [0.5, 0.6) is 0 Å². The zero-order valence-corrected chi connectivity index (χ0v) is 17.5. The Balaban J connectivity index is 1.84. The van der Waals surface area contributed by atoms with Gasteiger partial charge in [-0.1, -0.05) is 0 Å².